The van der Waals surface area contributed by atoms with Crippen molar-refractivity contribution in [2.75, 3.05) is 7.11 Å². The van der Waals surface area contributed by atoms with Crippen LogP contribution in [-0.4, -0.2) is 18.2 Å². The van der Waals surface area contributed by atoms with E-state index in [1.54, 1.807) is 7.11 Å². The molecule has 4 nitrogen and oxygen atoms in total. The highest BCUT2D eigenvalue weighted by Gasteiger charge is 2.13. The number of nitrogens with two attached hydrogens (primary N) is 1. The molecule has 1 atom stereocenters. The van der Waals surface area contributed by atoms with Crippen molar-refractivity contribution in [3.63, 3.8) is 0 Å². The molecule has 0 aliphatic rings. The number of methoxy groups -OCH3 is 1. The minimum absolute atomic E-state index is 0.162. The maximum absolute atomic E-state index is 8.61. The van der Waals surface area contributed by atoms with Gasteiger partial charge in [0.25, 0.3) is 0 Å². The standard InChI is InChI=1S/C14H16N2O2/c1-18-13(9-14(15)16-17)12-7-6-10-4-2-3-5-11(10)8-12/h2-8,13,17H,9H2,1H3,(H2,15,16)/t13-/m1/s1. The smallest absolute Gasteiger partial charge is 0.142 e. The third-order valence-electron chi connectivity index (χ3n) is 2.95. The Labute approximate surface area is 106 Å². The van der Waals surface area contributed by atoms with Gasteiger partial charge in [-0.1, -0.05) is 41.6 Å². The number of ether oxygens (including phenoxy) is 1. The van der Waals surface area contributed by atoms with E-state index in [9.17, 15) is 0 Å². The van der Waals surface area contributed by atoms with Crippen molar-refractivity contribution in [3.8, 4) is 0 Å². The van der Waals surface area contributed by atoms with Gasteiger partial charge in [0.05, 0.1) is 6.10 Å². The van der Waals surface area contributed by atoms with E-state index in [0.29, 0.717) is 6.42 Å². The summed E-state index contributed by atoms with van der Waals surface area (Å²) in [7, 11) is 1.62. The quantitative estimate of drug-likeness (QED) is 0.376. The second kappa shape index (κ2) is 5.51. The number of hydrogen-bond donors (Lipinski definition) is 2. The molecule has 0 aromatic heterocycles. The number of rotatable bonds is 4. The summed E-state index contributed by atoms with van der Waals surface area (Å²) in [6.07, 6.45) is 0.163. The average molecular weight is 244 g/mol. The predicted molar refractivity (Wildman–Crippen MR) is 71.7 cm³/mol. The topological polar surface area (TPSA) is 67.8 Å². The highest BCUT2D eigenvalue weighted by atomic mass is 16.5. The molecule has 4 heteroatoms. The van der Waals surface area contributed by atoms with Gasteiger partial charge in [-0.05, 0) is 22.4 Å². The molecular weight excluding hydrogens is 228 g/mol. The first-order valence-electron chi connectivity index (χ1n) is 5.72. The third kappa shape index (κ3) is 2.60. The van der Waals surface area contributed by atoms with Crippen molar-refractivity contribution >= 4 is 16.6 Å². The van der Waals surface area contributed by atoms with Crippen LogP contribution in [0.5, 0.6) is 0 Å². The fourth-order valence-electron chi connectivity index (χ4n) is 1.98. The normalized spacial score (nSPS) is 13.7. The molecule has 2 aromatic carbocycles. The molecule has 0 fully saturated rings. The van der Waals surface area contributed by atoms with Gasteiger partial charge in [0.15, 0.2) is 0 Å². The number of fused-ring (bicyclic) bond motifs is 1. The van der Waals surface area contributed by atoms with Crippen molar-refractivity contribution < 1.29 is 9.94 Å². The molecule has 2 rings (SSSR count). The summed E-state index contributed by atoms with van der Waals surface area (Å²) in [6.45, 7) is 0. The van der Waals surface area contributed by atoms with Gasteiger partial charge in [-0.3, -0.25) is 0 Å². The van der Waals surface area contributed by atoms with E-state index in [4.69, 9.17) is 15.7 Å². The zero-order chi connectivity index (χ0) is 13.0. The molecule has 0 saturated carbocycles. The first kappa shape index (κ1) is 12.4. The van der Waals surface area contributed by atoms with Crippen LogP contribution in [0.3, 0.4) is 0 Å². The summed E-state index contributed by atoms with van der Waals surface area (Å²) in [5.41, 5.74) is 6.54. The van der Waals surface area contributed by atoms with Gasteiger partial charge < -0.3 is 15.7 Å². The Balaban J connectivity index is 2.33. The first-order chi connectivity index (χ1) is 8.74. The van der Waals surface area contributed by atoms with Gasteiger partial charge >= 0.3 is 0 Å². The van der Waals surface area contributed by atoms with E-state index in [-0.39, 0.29) is 11.9 Å². The zero-order valence-corrected chi connectivity index (χ0v) is 10.2. The fourth-order valence-corrected chi connectivity index (χ4v) is 1.98. The van der Waals surface area contributed by atoms with Crippen molar-refractivity contribution in [1.29, 1.82) is 0 Å². The second-order valence-corrected chi connectivity index (χ2v) is 4.13. The first-order valence-corrected chi connectivity index (χ1v) is 5.72. The van der Waals surface area contributed by atoms with Crippen LogP contribution in [0, 0.1) is 0 Å². The van der Waals surface area contributed by atoms with Crippen molar-refractivity contribution in [2.24, 2.45) is 10.9 Å². The van der Waals surface area contributed by atoms with Crippen LogP contribution in [0.4, 0.5) is 0 Å². The molecule has 0 spiro atoms. The van der Waals surface area contributed by atoms with Gasteiger partial charge in [0.2, 0.25) is 0 Å². The Kier molecular flexibility index (Phi) is 3.79. The van der Waals surface area contributed by atoms with Crippen LogP contribution >= 0.6 is 0 Å². The maximum Gasteiger partial charge on any atom is 0.142 e. The predicted octanol–water partition coefficient (Wildman–Crippen LogP) is 2.66. The molecule has 0 unspecified atom stereocenters. The Morgan fingerprint density at radius 3 is 2.67 bits per heavy atom. The van der Waals surface area contributed by atoms with Crippen LogP contribution < -0.4 is 5.73 Å². The van der Waals surface area contributed by atoms with Crippen LogP contribution in [0.15, 0.2) is 47.6 Å². The minimum atomic E-state index is -0.203. The van der Waals surface area contributed by atoms with E-state index >= 15 is 0 Å². The zero-order valence-electron chi connectivity index (χ0n) is 10.2. The Morgan fingerprint density at radius 1 is 1.28 bits per heavy atom. The molecule has 0 heterocycles. The van der Waals surface area contributed by atoms with E-state index < -0.39 is 0 Å². The Morgan fingerprint density at radius 2 is 2.00 bits per heavy atom. The summed E-state index contributed by atoms with van der Waals surface area (Å²) >= 11 is 0. The molecular formula is C14H16N2O2. The van der Waals surface area contributed by atoms with Gasteiger partial charge in [-0.25, -0.2) is 0 Å². The summed E-state index contributed by atoms with van der Waals surface area (Å²) < 4.78 is 5.39. The lowest BCUT2D eigenvalue weighted by molar-refractivity contribution is 0.108. The largest absolute Gasteiger partial charge is 0.409 e. The molecule has 0 aliphatic carbocycles. The number of benzene rings is 2. The van der Waals surface area contributed by atoms with Crippen LogP contribution in [0.2, 0.25) is 0 Å². The summed E-state index contributed by atoms with van der Waals surface area (Å²) in [6, 6.07) is 14.2. The molecule has 3 N–H and O–H groups in total. The lowest BCUT2D eigenvalue weighted by Crippen LogP contribution is -2.17. The number of nitrogens with zero attached hydrogens (tertiary/aromatic N) is 1. The summed E-state index contributed by atoms with van der Waals surface area (Å²) in [5.74, 6) is 0.162. The van der Waals surface area contributed by atoms with Gasteiger partial charge in [-0.2, -0.15) is 0 Å². The van der Waals surface area contributed by atoms with Crippen molar-refractivity contribution in [2.45, 2.75) is 12.5 Å². The second-order valence-electron chi connectivity index (χ2n) is 4.13. The van der Waals surface area contributed by atoms with Gasteiger partial charge in [0, 0.05) is 13.5 Å². The molecule has 0 aliphatic heterocycles. The molecule has 18 heavy (non-hydrogen) atoms. The molecule has 94 valence electrons. The fraction of sp³-hybridized carbons (Fsp3) is 0.214. The Hall–Kier alpha value is -2.07. The molecule has 0 radical (unpaired) electrons. The maximum atomic E-state index is 8.61. The minimum Gasteiger partial charge on any atom is -0.409 e. The van der Waals surface area contributed by atoms with Crippen LogP contribution in [-0.2, 0) is 4.74 Å². The van der Waals surface area contributed by atoms with Crippen molar-refractivity contribution in [1.82, 2.24) is 0 Å². The third-order valence-corrected chi connectivity index (χ3v) is 2.95. The number of oxime groups is 1. The van der Waals surface area contributed by atoms with E-state index in [1.807, 2.05) is 24.3 Å². The van der Waals surface area contributed by atoms with Crippen LogP contribution in [0.1, 0.15) is 18.1 Å². The molecule has 2 aromatic rings. The molecule has 0 amide bonds. The highest BCUT2D eigenvalue weighted by Crippen LogP contribution is 2.24. The van der Waals surface area contributed by atoms with Crippen molar-refractivity contribution in [3.05, 3.63) is 48.0 Å². The van der Waals surface area contributed by atoms with E-state index in [0.717, 1.165) is 10.9 Å². The van der Waals surface area contributed by atoms with E-state index in [2.05, 4.69) is 23.4 Å². The van der Waals surface area contributed by atoms with Gasteiger partial charge in [0.1, 0.15) is 5.84 Å². The monoisotopic (exact) mass is 244 g/mol. The summed E-state index contributed by atoms with van der Waals surface area (Å²) in [4.78, 5) is 0. The molecule has 0 saturated heterocycles. The van der Waals surface area contributed by atoms with E-state index in [1.165, 1.54) is 5.39 Å². The average Bonchev–Trinajstić information content (AvgIpc) is 2.44. The Bertz CT molecular complexity index is 566. The summed E-state index contributed by atoms with van der Waals surface area (Å²) in [5, 5.41) is 13.9. The lowest BCUT2D eigenvalue weighted by atomic mass is 10.0. The number of hydrogen-bond acceptors (Lipinski definition) is 3. The highest BCUT2D eigenvalue weighted by molar-refractivity contribution is 5.84. The SMILES string of the molecule is CO[C@H](C/C(N)=N\O)c1ccc2ccccc2c1. The lowest BCUT2D eigenvalue weighted by Gasteiger charge is -2.15. The number of amidine groups is 1. The van der Waals surface area contributed by atoms with Crippen LogP contribution in [0.25, 0.3) is 10.8 Å². The van der Waals surface area contributed by atoms with Gasteiger partial charge in [-0.15, -0.1) is 0 Å². The molecule has 0 bridgehead atoms.